The summed E-state index contributed by atoms with van der Waals surface area (Å²) < 4.78 is 0. The summed E-state index contributed by atoms with van der Waals surface area (Å²) in [6.07, 6.45) is 5.09. The first-order valence-electron chi connectivity index (χ1n) is 6.65. The highest BCUT2D eigenvalue weighted by molar-refractivity contribution is 6.30. The summed E-state index contributed by atoms with van der Waals surface area (Å²) in [6.45, 7) is 4.53. The number of hydrogen-bond acceptors (Lipinski definition) is 1. The van der Waals surface area contributed by atoms with Crippen molar-refractivity contribution in [2.24, 2.45) is 5.92 Å². The van der Waals surface area contributed by atoms with Crippen LogP contribution in [-0.2, 0) is 0 Å². The van der Waals surface area contributed by atoms with Crippen LogP contribution in [0.1, 0.15) is 51.1 Å². The number of rotatable bonds is 7. The van der Waals surface area contributed by atoms with Gasteiger partial charge in [0.1, 0.15) is 0 Å². The summed E-state index contributed by atoms with van der Waals surface area (Å²) in [5.41, 5.74) is 1.35. The molecule has 0 aromatic heterocycles. The topological polar surface area (TPSA) is 12.0 Å². The Hall–Kier alpha value is -0.530. The summed E-state index contributed by atoms with van der Waals surface area (Å²) in [5, 5.41) is 4.27. The summed E-state index contributed by atoms with van der Waals surface area (Å²) >= 11 is 5.94. The van der Waals surface area contributed by atoms with Crippen LogP contribution in [0.3, 0.4) is 0 Å². The third-order valence-corrected chi connectivity index (χ3v) is 3.72. The fraction of sp³-hybridized carbons (Fsp3) is 0.600. The minimum Gasteiger partial charge on any atom is -0.313 e. The molecule has 0 spiro atoms. The maximum Gasteiger partial charge on any atom is 0.0406 e. The van der Waals surface area contributed by atoms with E-state index in [1.54, 1.807) is 0 Å². The van der Waals surface area contributed by atoms with Crippen LogP contribution in [0.2, 0.25) is 5.02 Å². The molecule has 2 heteroatoms. The molecule has 0 aliphatic heterocycles. The Kier molecular flexibility index (Phi) is 6.61. The molecule has 2 unspecified atom stereocenters. The molecule has 0 saturated heterocycles. The van der Waals surface area contributed by atoms with E-state index in [2.05, 4.69) is 31.3 Å². The van der Waals surface area contributed by atoms with E-state index in [-0.39, 0.29) is 0 Å². The number of halogens is 1. The van der Waals surface area contributed by atoms with Crippen molar-refractivity contribution in [2.75, 3.05) is 7.05 Å². The van der Waals surface area contributed by atoms with Gasteiger partial charge in [-0.05, 0) is 37.1 Å². The molecule has 1 N–H and O–H groups in total. The lowest BCUT2D eigenvalue weighted by atomic mass is 9.87. The lowest BCUT2D eigenvalue weighted by Gasteiger charge is -2.26. The highest BCUT2D eigenvalue weighted by Gasteiger charge is 2.19. The van der Waals surface area contributed by atoms with E-state index in [0.717, 1.165) is 5.02 Å². The first-order valence-corrected chi connectivity index (χ1v) is 7.03. The molecule has 1 nitrogen and oxygen atoms in total. The monoisotopic (exact) mass is 253 g/mol. The Labute approximate surface area is 111 Å². The van der Waals surface area contributed by atoms with Crippen LogP contribution in [0, 0.1) is 5.92 Å². The fourth-order valence-electron chi connectivity index (χ4n) is 2.42. The molecule has 1 rings (SSSR count). The van der Waals surface area contributed by atoms with Gasteiger partial charge in [-0.15, -0.1) is 0 Å². The highest BCUT2D eigenvalue weighted by atomic mass is 35.5. The lowest BCUT2D eigenvalue weighted by molar-refractivity contribution is 0.339. The minimum absolute atomic E-state index is 0.448. The predicted molar refractivity (Wildman–Crippen MR) is 76.6 cm³/mol. The van der Waals surface area contributed by atoms with Crippen LogP contribution in [0.5, 0.6) is 0 Å². The Morgan fingerprint density at radius 3 is 2.29 bits per heavy atom. The maximum absolute atomic E-state index is 5.94. The largest absolute Gasteiger partial charge is 0.313 e. The predicted octanol–water partition coefficient (Wildman–Crippen LogP) is 4.82. The number of benzene rings is 1. The van der Waals surface area contributed by atoms with Crippen LogP contribution in [0.25, 0.3) is 0 Å². The molecular formula is C15H24ClN. The standard InChI is InChI=1S/C15H24ClN/c1-4-6-7-12(5-2)15(17-3)13-8-10-14(16)11-9-13/h8-12,15,17H,4-7H2,1-3H3. The minimum atomic E-state index is 0.448. The van der Waals surface area contributed by atoms with Crippen molar-refractivity contribution in [3.63, 3.8) is 0 Å². The molecule has 0 bridgehead atoms. The first-order chi connectivity index (χ1) is 8.22. The van der Waals surface area contributed by atoms with Crippen LogP contribution >= 0.6 is 11.6 Å². The molecule has 0 aliphatic rings. The molecular weight excluding hydrogens is 230 g/mol. The van der Waals surface area contributed by atoms with E-state index in [0.29, 0.717) is 12.0 Å². The van der Waals surface area contributed by atoms with Crippen molar-refractivity contribution < 1.29 is 0 Å². The zero-order valence-electron chi connectivity index (χ0n) is 11.2. The van der Waals surface area contributed by atoms with E-state index in [1.165, 1.54) is 31.2 Å². The molecule has 0 heterocycles. The third-order valence-electron chi connectivity index (χ3n) is 3.46. The fourth-order valence-corrected chi connectivity index (χ4v) is 2.54. The van der Waals surface area contributed by atoms with E-state index in [4.69, 9.17) is 11.6 Å². The van der Waals surface area contributed by atoms with Crippen molar-refractivity contribution in [1.29, 1.82) is 0 Å². The van der Waals surface area contributed by atoms with E-state index < -0.39 is 0 Å². The Bertz CT molecular complexity index is 307. The van der Waals surface area contributed by atoms with Crippen molar-refractivity contribution >= 4 is 11.6 Å². The normalized spacial score (nSPS) is 14.6. The van der Waals surface area contributed by atoms with Crippen molar-refractivity contribution in [2.45, 2.75) is 45.6 Å². The van der Waals surface area contributed by atoms with Gasteiger partial charge in [-0.1, -0.05) is 56.8 Å². The highest BCUT2D eigenvalue weighted by Crippen LogP contribution is 2.29. The summed E-state index contributed by atoms with van der Waals surface area (Å²) in [6, 6.07) is 8.68. The number of hydrogen-bond donors (Lipinski definition) is 1. The molecule has 1 aromatic carbocycles. The van der Waals surface area contributed by atoms with Gasteiger partial charge >= 0.3 is 0 Å². The van der Waals surface area contributed by atoms with Gasteiger partial charge in [0.25, 0.3) is 0 Å². The maximum atomic E-state index is 5.94. The summed E-state index contributed by atoms with van der Waals surface area (Å²) in [5.74, 6) is 0.709. The quantitative estimate of drug-likeness (QED) is 0.735. The lowest BCUT2D eigenvalue weighted by Crippen LogP contribution is -2.25. The van der Waals surface area contributed by atoms with Crippen molar-refractivity contribution in [3.05, 3.63) is 34.9 Å². The summed E-state index contributed by atoms with van der Waals surface area (Å²) in [4.78, 5) is 0. The van der Waals surface area contributed by atoms with Crippen LogP contribution in [0.15, 0.2) is 24.3 Å². The van der Waals surface area contributed by atoms with Gasteiger partial charge in [0, 0.05) is 11.1 Å². The van der Waals surface area contributed by atoms with Crippen LogP contribution in [0.4, 0.5) is 0 Å². The van der Waals surface area contributed by atoms with Crippen LogP contribution < -0.4 is 5.32 Å². The van der Waals surface area contributed by atoms with Gasteiger partial charge in [-0.25, -0.2) is 0 Å². The van der Waals surface area contributed by atoms with E-state index >= 15 is 0 Å². The van der Waals surface area contributed by atoms with Gasteiger partial charge in [0.15, 0.2) is 0 Å². The molecule has 0 radical (unpaired) electrons. The molecule has 0 saturated carbocycles. The number of unbranched alkanes of at least 4 members (excludes halogenated alkanes) is 1. The summed E-state index contributed by atoms with van der Waals surface area (Å²) in [7, 11) is 2.05. The van der Waals surface area contributed by atoms with Gasteiger partial charge in [0.05, 0.1) is 0 Å². The Balaban J connectivity index is 2.77. The second kappa shape index (κ2) is 7.73. The average Bonchev–Trinajstić information content (AvgIpc) is 2.36. The van der Waals surface area contributed by atoms with E-state index in [1.807, 2.05) is 19.2 Å². The van der Waals surface area contributed by atoms with E-state index in [9.17, 15) is 0 Å². The molecule has 0 fully saturated rings. The number of nitrogens with one attached hydrogen (secondary N) is 1. The molecule has 17 heavy (non-hydrogen) atoms. The first kappa shape index (κ1) is 14.5. The zero-order valence-corrected chi connectivity index (χ0v) is 11.9. The van der Waals surface area contributed by atoms with Crippen LogP contribution in [-0.4, -0.2) is 7.05 Å². The second-order valence-corrected chi connectivity index (χ2v) is 5.06. The Morgan fingerprint density at radius 1 is 1.18 bits per heavy atom. The molecule has 2 atom stereocenters. The van der Waals surface area contributed by atoms with Gasteiger partial charge in [-0.2, -0.15) is 0 Å². The second-order valence-electron chi connectivity index (χ2n) is 4.63. The smallest absolute Gasteiger partial charge is 0.0406 e. The van der Waals surface area contributed by atoms with Gasteiger partial charge in [-0.3, -0.25) is 0 Å². The zero-order chi connectivity index (χ0) is 12.7. The molecule has 96 valence electrons. The molecule has 1 aromatic rings. The molecule has 0 aliphatic carbocycles. The third kappa shape index (κ3) is 4.33. The Morgan fingerprint density at radius 2 is 1.82 bits per heavy atom. The average molecular weight is 254 g/mol. The van der Waals surface area contributed by atoms with Crippen molar-refractivity contribution in [1.82, 2.24) is 5.32 Å². The van der Waals surface area contributed by atoms with Gasteiger partial charge < -0.3 is 5.32 Å². The van der Waals surface area contributed by atoms with Crippen molar-refractivity contribution in [3.8, 4) is 0 Å². The SMILES string of the molecule is CCCCC(CC)C(NC)c1ccc(Cl)cc1. The molecule has 0 amide bonds. The van der Waals surface area contributed by atoms with Gasteiger partial charge in [0.2, 0.25) is 0 Å².